The minimum absolute atomic E-state index is 0.284. The van der Waals surface area contributed by atoms with Crippen LogP contribution in [0.25, 0.3) is 0 Å². The van der Waals surface area contributed by atoms with Gasteiger partial charge in [-0.15, -0.1) is 0 Å². The van der Waals surface area contributed by atoms with E-state index in [0.717, 1.165) is 0 Å². The lowest BCUT2D eigenvalue weighted by Crippen LogP contribution is -2.59. The molecule has 3 aromatic rings. The first kappa shape index (κ1) is 19.8. The van der Waals surface area contributed by atoms with Crippen LogP contribution in [0, 0.1) is 0 Å². The molecule has 6 heteroatoms. The molecule has 0 aliphatic carbocycles. The van der Waals surface area contributed by atoms with Crippen molar-refractivity contribution in [2.75, 3.05) is 6.61 Å². The summed E-state index contributed by atoms with van der Waals surface area (Å²) in [5.41, 5.74) is 1.61. The highest BCUT2D eigenvalue weighted by molar-refractivity contribution is 5.15. The minimum atomic E-state index is -2.06. The van der Waals surface area contributed by atoms with E-state index in [9.17, 15) is 5.11 Å². The number of rotatable bonds is 10. The third-order valence-electron chi connectivity index (χ3n) is 5.21. The van der Waals surface area contributed by atoms with Crippen LogP contribution in [0.5, 0.6) is 0 Å². The van der Waals surface area contributed by atoms with Crippen molar-refractivity contribution in [3.63, 3.8) is 0 Å². The molecule has 3 aromatic carbocycles. The summed E-state index contributed by atoms with van der Waals surface area (Å²) in [7, 11) is 0. The van der Waals surface area contributed by atoms with Gasteiger partial charge in [0.15, 0.2) is 0 Å². The molecule has 174 valence electrons. The number of halogens is 1. The molecule has 0 saturated carbocycles. The monoisotopic (exact) mass is 455 g/mol. The Bertz CT molecular complexity index is 1050. The average Bonchev–Trinajstić information content (AvgIpc) is 2.92. The summed E-state index contributed by atoms with van der Waals surface area (Å²) in [5.74, 6) is 0. The van der Waals surface area contributed by atoms with Crippen LogP contribution in [0.3, 0.4) is 0 Å². The summed E-state index contributed by atoms with van der Waals surface area (Å²) < 4.78 is 62.7. The Morgan fingerprint density at radius 3 is 1.70 bits per heavy atom. The Balaban J connectivity index is 1.50. The molecule has 0 amide bonds. The zero-order valence-corrected chi connectivity index (χ0v) is 17.9. The maximum absolute atomic E-state index is 15.3. The fourth-order valence-corrected chi connectivity index (χ4v) is 3.46. The lowest BCUT2D eigenvalue weighted by atomic mass is 9.99. The van der Waals surface area contributed by atoms with Gasteiger partial charge in [-0.3, -0.25) is 0 Å². The second-order valence-corrected chi connectivity index (χ2v) is 7.64. The van der Waals surface area contributed by atoms with Crippen LogP contribution in [-0.2, 0) is 38.7 Å². The highest BCUT2D eigenvalue weighted by atomic mass is 19.1. The van der Waals surface area contributed by atoms with E-state index in [1.54, 1.807) is 84.9 Å². The fourth-order valence-electron chi connectivity index (χ4n) is 3.46. The van der Waals surface area contributed by atoms with Gasteiger partial charge >= 0.3 is 0 Å². The standard InChI is InChI=1S/C27H29FO5/c28-27-26(32-18-22-14-8-3-9-15-22)25(31-17-21-12-6-2-7-13-21)24(29)23(33-27)19-30-16-20-10-4-1-5-11-20/h1-15,23-27,29H,16-19H2/t23-,24+,25+,26-,27?/m1/s1/i16D,17D,18D/t16?,17?,18?,23-,24+,25+,26-,27?. The van der Waals surface area contributed by atoms with E-state index in [0.29, 0.717) is 16.7 Å². The van der Waals surface area contributed by atoms with Crippen LogP contribution in [-0.4, -0.2) is 42.5 Å². The maximum Gasteiger partial charge on any atom is 0.228 e. The largest absolute Gasteiger partial charge is 0.387 e. The Morgan fingerprint density at radius 2 is 1.18 bits per heavy atom. The molecule has 1 aliphatic rings. The first-order chi connectivity index (χ1) is 17.4. The molecular weight excluding hydrogens is 423 g/mol. The van der Waals surface area contributed by atoms with Crippen molar-refractivity contribution in [2.24, 2.45) is 0 Å². The SMILES string of the molecule is [2H]C(OC[C@H]1OC(F)[C@H](OC([2H])c2ccccc2)[C@@H](OC([2H])c2ccccc2)[C@H]1O)c1ccccc1. The normalized spacial score (nSPS) is 29.3. The fraction of sp³-hybridized carbons (Fsp3) is 0.333. The number of aliphatic hydroxyl groups excluding tert-OH is 1. The van der Waals surface area contributed by atoms with E-state index in [-0.39, 0.29) is 6.61 Å². The van der Waals surface area contributed by atoms with Crippen LogP contribution in [0.4, 0.5) is 4.39 Å². The van der Waals surface area contributed by atoms with Crippen molar-refractivity contribution in [2.45, 2.75) is 50.5 Å². The van der Waals surface area contributed by atoms with Gasteiger partial charge in [0.2, 0.25) is 6.36 Å². The predicted octanol–water partition coefficient (Wildman–Crippen LogP) is 4.43. The number of hydrogen-bond donors (Lipinski definition) is 1. The van der Waals surface area contributed by atoms with Gasteiger partial charge in [0.25, 0.3) is 0 Å². The maximum atomic E-state index is 15.3. The van der Waals surface area contributed by atoms with E-state index >= 15 is 4.39 Å². The summed E-state index contributed by atoms with van der Waals surface area (Å²) in [4.78, 5) is 0. The first-order valence-electron chi connectivity index (χ1n) is 12.5. The summed E-state index contributed by atoms with van der Waals surface area (Å²) >= 11 is 0. The molecular formula is C27H29FO5. The topological polar surface area (TPSA) is 57.2 Å². The van der Waals surface area contributed by atoms with Gasteiger partial charge in [0, 0.05) is 0 Å². The number of alkyl halides is 1. The van der Waals surface area contributed by atoms with Crippen LogP contribution in [0.2, 0.25) is 0 Å². The Labute approximate surface area is 197 Å². The zero-order valence-electron chi connectivity index (χ0n) is 20.9. The third kappa shape index (κ3) is 6.69. The molecule has 1 heterocycles. The van der Waals surface area contributed by atoms with E-state index in [1.165, 1.54) is 0 Å². The van der Waals surface area contributed by atoms with Gasteiger partial charge < -0.3 is 24.1 Å². The molecule has 4 rings (SSSR count). The lowest BCUT2D eigenvalue weighted by Gasteiger charge is -2.41. The van der Waals surface area contributed by atoms with Crippen LogP contribution >= 0.6 is 0 Å². The molecule has 0 aromatic heterocycles. The summed E-state index contributed by atoms with van der Waals surface area (Å²) in [6.07, 6.45) is -7.48. The molecule has 0 bridgehead atoms. The molecule has 0 radical (unpaired) electrons. The third-order valence-corrected chi connectivity index (χ3v) is 5.21. The van der Waals surface area contributed by atoms with Crippen molar-refractivity contribution < 1.29 is 32.6 Å². The van der Waals surface area contributed by atoms with Gasteiger partial charge in [-0.1, -0.05) is 91.0 Å². The zero-order chi connectivity index (χ0) is 25.5. The smallest absolute Gasteiger partial charge is 0.228 e. The van der Waals surface area contributed by atoms with Crippen molar-refractivity contribution in [1.82, 2.24) is 0 Å². The van der Waals surface area contributed by atoms with E-state index in [2.05, 4.69) is 0 Å². The van der Waals surface area contributed by atoms with Crippen LogP contribution in [0.1, 0.15) is 20.8 Å². The summed E-state index contributed by atoms with van der Waals surface area (Å²) in [6, 6.07) is 26.1. The molecule has 5 nitrogen and oxygen atoms in total. The molecule has 8 atom stereocenters. The minimum Gasteiger partial charge on any atom is -0.387 e. The van der Waals surface area contributed by atoms with Gasteiger partial charge in [-0.05, 0) is 16.7 Å². The van der Waals surface area contributed by atoms with Crippen molar-refractivity contribution in [3.8, 4) is 0 Å². The second kappa shape index (κ2) is 12.0. The Hall–Kier alpha value is -2.61. The molecule has 1 aliphatic heterocycles. The van der Waals surface area contributed by atoms with E-state index in [4.69, 9.17) is 23.1 Å². The Morgan fingerprint density at radius 1 is 0.727 bits per heavy atom. The molecule has 1 fully saturated rings. The number of ether oxygens (including phenoxy) is 4. The van der Waals surface area contributed by atoms with Gasteiger partial charge in [-0.2, -0.15) is 0 Å². The quantitative estimate of drug-likeness (QED) is 0.490. The van der Waals surface area contributed by atoms with Gasteiger partial charge in [-0.25, -0.2) is 4.39 Å². The van der Waals surface area contributed by atoms with Gasteiger partial charge in [0.1, 0.15) is 24.4 Å². The van der Waals surface area contributed by atoms with E-state index < -0.39 is 50.5 Å². The highest BCUT2D eigenvalue weighted by Crippen LogP contribution is 2.29. The molecule has 1 N–H and O–H groups in total. The van der Waals surface area contributed by atoms with Crippen molar-refractivity contribution in [1.29, 1.82) is 0 Å². The highest BCUT2D eigenvalue weighted by Gasteiger charge is 2.47. The first-order valence-corrected chi connectivity index (χ1v) is 10.8. The number of aliphatic hydroxyl groups is 1. The van der Waals surface area contributed by atoms with Crippen LogP contribution < -0.4 is 0 Å². The lowest BCUT2D eigenvalue weighted by molar-refractivity contribution is -0.289. The number of hydrogen-bond acceptors (Lipinski definition) is 5. The van der Waals surface area contributed by atoms with Gasteiger partial charge in [0.05, 0.1) is 30.5 Å². The summed E-state index contributed by atoms with van der Waals surface area (Å²) in [6.45, 7) is -3.84. The predicted molar refractivity (Wildman–Crippen MR) is 122 cm³/mol. The molecule has 1 saturated heterocycles. The van der Waals surface area contributed by atoms with E-state index in [1.807, 2.05) is 6.07 Å². The van der Waals surface area contributed by atoms with Crippen molar-refractivity contribution in [3.05, 3.63) is 108 Å². The molecule has 33 heavy (non-hydrogen) atoms. The second-order valence-electron chi connectivity index (χ2n) is 7.64. The molecule has 4 unspecified atom stereocenters. The summed E-state index contributed by atoms with van der Waals surface area (Å²) in [5, 5.41) is 11.1. The van der Waals surface area contributed by atoms with Crippen molar-refractivity contribution >= 4 is 0 Å². The Kier molecular flexibility index (Phi) is 7.22. The molecule has 0 spiro atoms. The van der Waals surface area contributed by atoms with Crippen LogP contribution in [0.15, 0.2) is 91.0 Å². The average molecular weight is 456 g/mol. The number of benzene rings is 3.